The molecular formula is C17H19N5O2S. The molecule has 0 fully saturated rings. The lowest BCUT2D eigenvalue weighted by molar-refractivity contribution is -0.128. The second-order valence-corrected chi connectivity index (χ2v) is 6.78. The Morgan fingerprint density at radius 3 is 2.56 bits per heavy atom. The van der Waals surface area contributed by atoms with Crippen molar-refractivity contribution in [2.24, 2.45) is 0 Å². The van der Waals surface area contributed by atoms with Gasteiger partial charge in [0.25, 0.3) is 0 Å². The minimum atomic E-state index is -0.457. The number of aromatic nitrogens is 3. The molecule has 3 aromatic rings. The van der Waals surface area contributed by atoms with Crippen LogP contribution in [0.15, 0.2) is 52.2 Å². The molecule has 0 saturated carbocycles. The number of rotatable bonds is 5. The monoisotopic (exact) mass is 357 g/mol. The zero-order chi connectivity index (χ0) is 18.0. The molecule has 1 aromatic carbocycles. The van der Waals surface area contributed by atoms with E-state index < -0.39 is 5.25 Å². The summed E-state index contributed by atoms with van der Waals surface area (Å²) in [5, 5.41) is 8.31. The van der Waals surface area contributed by atoms with Crippen LogP contribution in [0.4, 0.5) is 0 Å². The summed E-state index contributed by atoms with van der Waals surface area (Å²) >= 11 is 1.27. The fourth-order valence-electron chi connectivity index (χ4n) is 2.39. The summed E-state index contributed by atoms with van der Waals surface area (Å²) in [6.07, 6.45) is 1.58. The Hall–Kier alpha value is -2.74. The van der Waals surface area contributed by atoms with Gasteiger partial charge in [0.2, 0.25) is 11.1 Å². The van der Waals surface area contributed by atoms with Gasteiger partial charge in [-0.2, -0.15) is 0 Å². The van der Waals surface area contributed by atoms with Gasteiger partial charge in [0.15, 0.2) is 5.82 Å². The number of nitrogens with zero attached hydrogens (tertiary/aromatic N) is 4. The molecule has 8 heteroatoms. The van der Waals surface area contributed by atoms with Gasteiger partial charge >= 0.3 is 0 Å². The molecule has 0 bridgehead atoms. The van der Waals surface area contributed by atoms with E-state index in [1.807, 2.05) is 37.3 Å². The van der Waals surface area contributed by atoms with Gasteiger partial charge in [0.05, 0.1) is 11.8 Å². The summed E-state index contributed by atoms with van der Waals surface area (Å²) in [5.74, 6) is 7.33. The molecule has 0 saturated heterocycles. The first-order valence-corrected chi connectivity index (χ1v) is 8.54. The van der Waals surface area contributed by atoms with E-state index in [1.54, 1.807) is 31.3 Å². The van der Waals surface area contributed by atoms with E-state index >= 15 is 0 Å². The predicted molar refractivity (Wildman–Crippen MR) is 96.3 cm³/mol. The number of thioether (sulfide) groups is 1. The van der Waals surface area contributed by atoms with E-state index in [0.717, 1.165) is 11.1 Å². The van der Waals surface area contributed by atoms with E-state index in [4.69, 9.17) is 10.3 Å². The predicted octanol–water partition coefficient (Wildman–Crippen LogP) is 2.48. The van der Waals surface area contributed by atoms with Crippen molar-refractivity contribution in [1.82, 2.24) is 19.8 Å². The quantitative estimate of drug-likeness (QED) is 0.557. The molecule has 3 rings (SSSR count). The van der Waals surface area contributed by atoms with Crippen LogP contribution in [-0.4, -0.2) is 39.8 Å². The highest BCUT2D eigenvalue weighted by Crippen LogP contribution is 2.36. The molecule has 2 aromatic heterocycles. The molecule has 7 nitrogen and oxygen atoms in total. The van der Waals surface area contributed by atoms with Gasteiger partial charge in [0, 0.05) is 14.1 Å². The van der Waals surface area contributed by atoms with Gasteiger partial charge in [-0.05, 0) is 18.6 Å². The Labute approximate surface area is 149 Å². The van der Waals surface area contributed by atoms with Gasteiger partial charge in [-0.25, -0.2) is 4.68 Å². The highest BCUT2D eigenvalue weighted by atomic mass is 32.2. The molecule has 25 heavy (non-hydrogen) atoms. The number of nitrogen functional groups attached to an aromatic ring is 1. The molecule has 0 aliphatic heterocycles. The van der Waals surface area contributed by atoms with Crippen LogP contribution >= 0.6 is 11.8 Å². The van der Waals surface area contributed by atoms with Gasteiger partial charge in [-0.15, -0.1) is 10.2 Å². The molecule has 0 radical (unpaired) electrons. The number of hydrogen-bond donors (Lipinski definition) is 1. The molecule has 130 valence electrons. The fourth-order valence-corrected chi connectivity index (χ4v) is 3.49. The van der Waals surface area contributed by atoms with Crippen molar-refractivity contribution >= 4 is 17.7 Å². The molecule has 1 unspecified atom stereocenters. The number of amides is 1. The SMILES string of the molecule is Cc1occc1-c1nnc(SC(C(=O)N(C)C)c2ccccc2)n1N. The highest BCUT2D eigenvalue weighted by molar-refractivity contribution is 8.00. The molecule has 1 amide bonds. The number of carbonyl (C=O) groups is 1. The van der Waals surface area contributed by atoms with Gasteiger partial charge < -0.3 is 15.2 Å². The molecule has 0 aliphatic rings. The summed E-state index contributed by atoms with van der Waals surface area (Å²) in [4.78, 5) is 14.2. The van der Waals surface area contributed by atoms with E-state index in [9.17, 15) is 4.79 Å². The zero-order valence-electron chi connectivity index (χ0n) is 14.2. The van der Waals surface area contributed by atoms with E-state index in [2.05, 4.69) is 10.2 Å². The first kappa shape index (κ1) is 17.1. The highest BCUT2D eigenvalue weighted by Gasteiger charge is 2.27. The average molecular weight is 357 g/mol. The summed E-state index contributed by atoms with van der Waals surface area (Å²) in [6.45, 7) is 1.83. The van der Waals surface area contributed by atoms with Crippen LogP contribution in [0.5, 0.6) is 0 Å². The van der Waals surface area contributed by atoms with E-state index in [1.165, 1.54) is 16.4 Å². The molecule has 2 heterocycles. The summed E-state index contributed by atoms with van der Waals surface area (Å²) in [6, 6.07) is 11.3. The van der Waals surface area contributed by atoms with Crippen molar-refractivity contribution < 1.29 is 9.21 Å². The average Bonchev–Trinajstić information content (AvgIpc) is 3.18. The molecule has 1 atom stereocenters. The number of hydrogen-bond acceptors (Lipinski definition) is 6. The van der Waals surface area contributed by atoms with Crippen molar-refractivity contribution in [3.05, 3.63) is 54.0 Å². The van der Waals surface area contributed by atoms with Crippen LogP contribution in [0.2, 0.25) is 0 Å². The number of likely N-dealkylation sites (N-methyl/N-ethyl adjacent to an activating group) is 1. The third-order valence-electron chi connectivity index (χ3n) is 3.75. The Bertz CT molecular complexity index is 872. The molecular weight excluding hydrogens is 338 g/mol. The van der Waals surface area contributed by atoms with E-state index in [-0.39, 0.29) is 5.91 Å². The number of furan rings is 1. The van der Waals surface area contributed by atoms with Crippen molar-refractivity contribution in [3.63, 3.8) is 0 Å². The maximum absolute atomic E-state index is 12.6. The Balaban J connectivity index is 1.94. The van der Waals surface area contributed by atoms with Crippen LogP contribution in [0.3, 0.4) is 0 Å². The van der Waals surface area contributed by atoms with Gasteiger partial charge in [0.1, 0.15) is 11.0 Å². The van der Waals surface area contributed by atoms with Crippen LogP contribution in [0, 0.1) is 6.92 Å². The second-order valence-electron chi connectivity index (χ2n) is 5.71. The maximum Gasteiger partial charge on any atom is 0.240 e. The number of carbonyl (C=O) groups excluding carboxylic acids is 1. The first-order chi connectivity index (χ1) is 12.0. The molecule has 0 spiro atoms. The standard InChI is InChI=1S/C17H19N5O2S/c1-11-13(9-10-24-11)15-19-20-17(22(15)18)25-14(16(23)21(2)3)12-7-5-4-6-8-12/h4-10,14H,18H2,1-3H3. The Morgan fingerprint density at radius 1 is 1.24 bits per heavy atom. The van der Waals surface area contributed by atoms with Gasteiger partial charge in [-0.3, -0.25) is 4.79 Å². The fraction of sp³-hybridized carbons (Fsp3) is 0.235. The van der Waals surface area contributed by atoms with Gasteiger partial charge in [-0.1, -0.05) is 42.1 Å². The third-order valence-corrected chi connectivity index (χ3v) is 4.95. The van der Waals surface area contributed by atoms with Crippen LogP contribution in [0.1, 0.15) is 16.6 Å². The normalized spacial score (nSPS) is 12.1. The van der Waals surface area contributed by atoms with Crippen LogP contribution in [-0.2, 0) is 4.79 Å². The lowest BCUT2D eigenvalue weighted by Gasteiger charge is -2.20. The smallest absolute Gasteiger partial charge is 0.240 e. The number of aryl methyl sites for hydroxylation is 1. The van der Waals surface area contributed by atoms with E-state index in [0.29, 0.717) is 16.7 Å². The van der Waals surface area contributed by atoms with Crippen molar-refractivity contribution in [1.29, 1.82) is 0 Å². The van der Waals surface area contributed by atoms with Crippen LogP contribution < -0.4 is 5.84 Å². The van der Waals surface area contributed by atoms with Crippen molar-refractivity contribution in [2.75, 3.05) is 19.9 Å². The third kappa shape index (κ3) is 3.39. The Morgan fingerprint density at radius 2 is 1.96 bits per heavy atom. The minimum Gasteiger partial charge on any atom is -0.469 e. The zero-order valence-corrected chi connectivity index (χ0v) is 15.0. The maximum atomic E-state index is 12.6. The summed E-state index contributed by atoms with van der Waals surface area (Å²) in [7, 11) is 3.46. The second kappa shape index (κ2) is 7.02. The Kier molecular flexibility index (Phi) is 4.80. The summed E-state index contributed by atoms with van der Waals surface area (Å²) in [5.41, 5.74) is 1.66. The number of benzene rings is 1. The lowest BCUT2D eigenvalue weighted by Crippen LogP contribution is -2.27. The number of nitrogens with two attached hydrogens (primary N) is 1. The topological polar surface area (TPSA) is 90.2 Å². The first-order valence-electron chi connectivity index (χ1n) is 7.66. The van der Waals surface area contributed by atoms with Crippen molar-refractivity contribution in [3.8, 4) is 11.4 Å². The molecule has 2 N–H and O–H groups in total. The molecule has 0 aliphatic carbocycles. The van der Waals surface area contributed by atoms with Crippen LogP contribution in [0.25, 0.3) is 11.4 Å². The lowest BCUT2D eigenvalue weighted by atomic mass is 10.1. The summed E-state index contributed by atoms with van der Waals surface area (Å²) < 4.78 is 6.69. The van der Waals surface area contributed by atoms with Crippen molar-refractivity contribution in [2.45, 2.75) is 17.3 Å². The largest absolute Gasteiger partial charge is 0.469 e. The minimum absolute atomic E-state index is 0.0414.